The van der Waals surface area contributed by atoms with E-state index in [1.807, 2.05) is 0 Å². The molecule has 1 aliphatic rings. The number of nitrogens with zero attached hydrogens (tertiary/aromatic N) is 2. The van der Waals surface area contributed by atoms with Crippen LogP contribution in [0.4, 0.5) is 11.5 Å². The number of non-ortho nitro benzene ring substituents is 1. The highest BCUT2D eigenvalue weighted by Crippen LogP contribution is 2.49. The van der Waals surface area contributed by atoms with Gasteiger partial charge in [-0.05, 0) is 18.7 Å². The Balaban J connectivity index is 2.02. The zero-order valence-corrected chi connectivity index (χ0v) is 19.2. The number of rotatable bonds is 6. The van der Waals surface area contributed by atoms with Gasteiger partial charge in [-0.1, -0.05) is 54.2 Å². The first-order chi connectivity index (χ1) is 16.3. The number of nitro benzene ring substituents is 1. The van der Waals surface area contributed by atoms with E-state index in [0.717, 1.165) is 0 Å². The minimum absolute atomic E-state index is 0.0556. The van der Waals surface area contributed by atoms with Gasteiger partial charge in [0.1, 0.15) is 11.7 Å². The zero-order valence-electron chi connectivity index (χ0n) is 18.3. The fourth-order valence-corrected chi connectivity index (χ4v) is 4.63. The predicted molar refractivity (Wildman–Crippen MR) is 126 cm³/mol. The molecule has 3 aromatic rings. The maximum atomic E-state index is 13.3. The highest BCUT2D eigenvalue weighted by Gasteiger charge is 2.54. The molecule has 0 radical (unpaired) electrons. The number of H-pyrrole nitrogens is 1. The Kier molecular flexibility index (Phi) is 6.40. The minimum Gasteiger partial charge on any atom is -0.466 e. The van der Waals surface area contributed by atoms with Crippen LogP contribution in [-0.2, 0) is 15.3 Å². The van der Waals surface area contributed by atoms with Gasteiger partial charge >= 0.3 is 5.97 Å². The van der Waals surface area contributed by atoms with Crippen LogP contribution in [-0.4, -0.2) is 38.8 Å². The number of nitro groups is 1. The number of esters is 1. The summed E-state index contributed by atoms with van der Waals surface area (Å²) < 4.78 is 5.33. The number of anilines is 1. The molecule has 0 spiro atoms. The minimum atomic E-state index is -1.98. The first-order valence-corrected chi connectivity index (χ1v) is 11.7. The summed E-state index contributed by atoms with van der Waals surface area (Å²) in [5.74, 6) is -2.92. The monoisotopic (exact) mass is 482 g/mol. The van der Waals surface area contributed by atoms with Crippen LogP contribution in [0.3, 0.4) is 0 Å². The fourth-order valence-electron chi connectivity index (χ4n) is 4.25. The Hall–Kier alpha value is -3.70. The van der Waals surface area contributed by atoms with E-state index in [1.165, 1.54) is 36.0 Å². The molecule has 0 aliphatic carbocycles. The lowest BCUT2D eigenvalue weighted by Crippen LogP contribution is -2.54. The SMILES string of the molecule is CCOC(=O)[C@@H]1[C@H](c2ccc([N+](=O)[O-])cc2)c2c(nc(SC)[nH]c2=O)N[C@@]1(O)c1ccccc1. The number of aromatic nitrogens is 2. The van der Waals surface area contributed by atoms with Crippen LogP contribution in [0.2, 0.25) is 0 Å². The molecule has 4 rings (SSSR count). The second kappa shape index (κ2) is 9.27. The van der Waals surface area contributed by atoms with Crippen molar-refractivity contribution in [2.24, 2.45) is 5.92 Å². The summed E-state index contributed by atoms with van der Waals surface area (Å²) in [5, 5.41) is 26.4. The van der Waals surface area contributed by atoms with Gasteiger partial charge < -0.3 is 20.1 Å². The lowest BCUT2D eigenvalue weighted by Gasteiger charge is -2.44. The van der Waals surface area contributed by atoms with Gasteiger partial charge in [0, 0.05) is 23.6 Å². The third-order valence-electron chi connectivity index (χ3n) is 5.75. The number of aliphatic hydroxyl groups is 1. The van der Waals surface area contributed by atoms with Gasteiger partial charge in [-0.2, -0.15) is 0 Å². The third-order valence-corrected chi connectivity index (χ3v) is 6.33. The van der Waals surface area contributed by atoms with E-state index in [9.17, 15) is 24.8 Å². The van der Waals surface area contributed by atoms with Gasteiger partial charge in [0.15, 0.2) is 10.9 Å². The molecule has 11 heteroatoms. The molecule has 2 heterocycles. The Labute approximate surface area is 198 Å². The van der Waals surface area contributed by atoms with Gasteiger partial charge in [-0.3, -0.25) is 19.7 Å². The largest absolute Gasteiger partial charge is 0.466 e. The molecule has 0 saturated carbocycles. The highest BCUT2D eigenvalue weighted by molar-refractivity contribution is 7.98. The summed E-state index contributed by atoms with van der Waals surface area (Å²) >= 11 is 1.21. The molecule has 3 atom stereocenters. The Morgan fingerprint density at radius 3 is 2.50 bits per heavy atom. The molecule has 0 amide bonds. The summed E-state index contributed by atoms with van der Waals surface area (Å²) in [6.45, 7) is 1.70. The molecule has 0 bridgehead atoms. The average Bonchev–Trinajstić information content (AvgIpc) is 2.83. The molecule has 10 nitrogen and oxygen atoms in total. The van der Waals surface area contributed by atoms with Crippen molar-refractivity contribution < 1.29 is 19.6 Å². The summed E-state index contributed by atoms with van der Waals surface area (Å²) in [4.78, 5) is 44.3. The van der Waals surface area contributed by atoms with E-state index >= 15 is 0 Å². The van der Waals surface area contributed by atoms with Crippen LogP contribution in [0, 0.1) is 16.0 Å². The average molecular weight is 483 g/mol. The smallest absolute Gasteiger partial charge is 0.315 e. The molecule has 176 valence electrons. The lowest BCUT2D eigenvalue weighted by molar-refractivity contribution is -0.384. The predicted octanol–water partition coefficient (Wildman–Crippen LogP) is 2.98. The van der Waals surface area contributed by atoms with E-state index in [-0.39, 0.29) is 23.7 Å². The molecule has 0 saturated heterocycles. The lowest BCUT2D eigenvalue weighted by atomic mass is 9.71. The van der Waals surface area contributed by atoms with E-state index in [0.29, 0.717) is 16.3 Å². The number of aromatic amines is 1. The maximum absolute atomic E-state index is 13.3. The van der Waals surface area contributed by atoms with Gasteiger partial charge in [-0.15, -0.1) is 0 Å². The summed E-state index contributed by atoms with van der Waals surface area (Å²) in [6, 6.07) is 14.0. The van der Waals surface area contributed by atoms with Crippen LogP contribution >= 0.6 is 11.8 Å². The summed E-state index contributed by atoms with van der Waals surface area (Å²) in [6.07, 6.45) is 1.74. The standard InChI is InChI=1S/C23H22N4O6S/c1-3-33-21(29)18-16(13-9-11-15(12-10-13)27(31)32)17-19(24-22(34-2)25-20(17)28)26-23(18,30)14-7-5-4-6-8-14/h4-12,16,18,30H,3H2,1-2H3,(H2,24,25,26,28)/t16-,18+,23-/m1/s1. The van der Waals surface area contributed by atoms with Crippen LogP contribution in [0.1, 0.15) is 29.5 Å². The van der Waals surface area contributed by atoms with Gasteiger partial charge in [0.25, 0.3) is 11.2 Å². The highest BCUT2D eigenvalue weighted by atomic mass is 32.2. The molecule has 2 aromatic carbocycles. The molecule has 1 aromatic heterocycles. The topological polar surface area (TPSA) is 147 Å². The normalized spacial score (nSPS) is 21.3. The van der Waals surface area contributed by atoms with Gasteiger partial charge in [0.05, 0.1) is 17.1 Å². The fraction of sp³-hybridized carbons (Fsp3) is 0.261. The number of ether oxygens (including phenoxy) is 1. The van der Waals surface area contributed by atoms with Crippen molar-refractivity contribution in [2.45, 2.75) is 23.7 Å². The number of thioether (sulfide) groups is 1. The van der Waals surface area contributed by atoms with Gasteiger partial charge in [-0.25, -0.2) is 4.98 Å². The van der Waals surface area contributed by atoms with Crippen LogP contribution in [0.5, 0.6) is 0 Å². The molecule has 3 N–H and O–H groups in total. The van der Waals surface area contributed by atoms with Crippen LogP contribution < -0.4 is 10.9 Å². The first kappa shape index (κ1) is 23.5. The van der Waals surface area contributed by atoms with Crippen molar-refractivity contribution in [3.05, 3.63) is 91.8 Å². The van der Waals surface area contributed by atoms with Crippen LogP contribution in [0.15, 0.2) is 64.5 Å². The molecular weight excluding hydrogens is 460 g/mol. The Morgan fingerprint density at radius 2 is 1.91 bits per heavy atom. The molecule has 34 heavy (non-hydrogen) atoms. The number of benzene rings is 2. The summed E-state index contributed by atoms with van der Waals surface area (Å²) in [7, 11) is 0. The number of nitrogens with one attached hydrogen (secondary N) is 2. The van der Waals surface area contributed by atoms with E-state index < -0.39 is 34.0 Å². The number of hydrogen-bond donors (Lipinski definition) is 3. The van der Waals surface area contributed by atoms with Crippen molar-refractivity contribution in [3.8, 4) is 0 Å². The van der Waals surface area contributed by atoms with E-state index in [1.54, 1.807) is 43.5 Å². The Morgan fingerprint density at radius 1 is 1.24 bits per heavy atom. The number of fused-ring (bicyclic) bond motifs is 1. The zero-order chi connectivity index (χ0) is 24.5. The number of hydrogen-bond acceptors (Lipinski definition) is 9. The van der Waals surface area contributed by atoms with Gasteiger partial charge in [0.2, 0.25) is 0 Å². The quantitative estimate of drug-likeness (QED) is 0.159. The summed E-state index contributed by atoms with van der Waals surface area (Å²) in [5.41, 5.74) is -1.69. The van der Waals surface area contributed by atoms with Crippen molar-refractivity contribution in [1.29, 1.82) is 0 Å². The molecule has 1 aliphatic heterocycles. The molecule has 0 fully saturated rings. The molecule has 0 unspecified atom stereocenters. The van der Waals surface area contributed by atoms with Crippen molar-refractivity contribution in [1.82, 2.24) is 9.97 Å². The third kappa shape index (κ3) is 4.03. The first-order valence-electron chi connectivity index (χ1n) is 10.5. The second-order valence-corrected chi connectivity index (χ2v) is 8.45. The second-order valence-electron chi connectivity index (χ2n) is 7.65. The number of carbonyl (C=O) groups excluding carboxylic acids is 1. The van der Waals surface area contributed by atoms with Crippen molar-refractivity contribution in [2.75, 3.05) is 18.2 Å². The van der Waals surface area contributed by atoms with Crippen molar-refractivity contribution in [3.63, 3.8) is 0 Å². The van der Waals surface area contributed by atoms with E-state index in [4.69, 9.17) is 4.74 Å². The van der Waals surface area contributed by atoms with Crippen LogP contribution in [0.25, 0.3) is 0 Å². The maximum Gasteiger partial charge on any atom is 0.315 e. The van der Waals surface area contributed by atoms with Crippen molar-refractivity contribution >= 4 is 29.2 Å². The molecular formula is C23H22N4O6S. The Bertz CT molecular complexity index is 1280. The van der Waals surface area contributed by atoms with E-state index in [2.05, 4.69) is 15.3 Å². The number of carbonyl (C=O) groups is 1.